The molecule has 0 saturated carbocycles. The Morgan fingerprint density at radius 3 is 2.84 bits per heavy atom. The predicted molar refractivity (Wildman–Crippen MR) is 132 cm³/mol. The fraction of sp³-hybridized carbons (Fsp3) is 0.391. The quantitative estimate of drug-likeness (QED) is 0.297. The number of pyridine rings is 1. The SMILES string of the molecule is Cc1c(C#N)c(Cl)nc2c1CCC[C@@H]2Nc1ccc2c(c1)c(I)nn2C(=O)OC(C)(C)C. The Balaban J connectivity index is 1.67. The van der Waals surface area contributed by atoms with Crippen molar-refractivity contribution < 1.29 is 9.53 Å². The number of benzene rings is 1. The summed E-state index contributed by atoms with van der Waals surface area (Å²) in [6.45, 7) is 7.42. The van der Waals surface area contributed by atoms with Gasteiger partial charge in [0, 0.05) is 11.1 Å². The van der Waals surface area contributed by atoms with Crippen molar-refractivity contribution in [2.75, 3.05) is 5.32 Å². The molecule has 1 atom stereocenters. The fourth-order valence-corrected chi connectivity index (χ4v) is 4.96. The number of nitrogens with zero attached hydrogens (tertiary/aromatic N) is 4. The molecular formula is C23H23ClIN5O2. The maximum Gasteiger partial charge on any atom is 0.435 e. The van der Waals surface area contributed by atoms with Crippen LogP contribution >= 0.6 is 34.2 Å². The summed E-state index contributed by atoms with van der Waals surface area (Å²) in [6, 6.07) is 7.93. The zero-order valence-corrected chi connectivity index (χ0v) is 21.2. The molecule has 1 aliphatic rings. The van der Waals surface area contributed by atoms with Gasteiger partial charge in [-0.15, -0.1) is 0 Å². The third kappa shape index (κ3) is 4.28. The van der Waals surface area contributed by atoms with E-state index in [1.54, 1.807) is 0 Å². The Bertz CT molecular complexity index is 1270. The number of halogens is 2. The third-order valence-corrected chi connectivity index (χ3v) is 6.54. The van der Waals surface area contributed by atoms with Crippen LogP contribution in [0.3, 0.4) is 0 Å². The van der Waals surface area contributed by atoms with E-state index in [2.05, 4.69) is 44.1 Å². The summed E-state index contributed by atoms with van der Waals surface area (Å²) < 4.78 is 7.49. The molecule has 0 amide bonds. The number of rotatable bonds is 2. The molecule has 2 heterocycles. The van der Waals surface area contributed by atoms with Crippen LogP contribution in [0, 0.1) is 22.0 Å². The number of fused-ring (bicyclic) bond motifs is 2. The van der Waals surface area contributed by atoms with Gasteiger partial charge in [-0.25, -0.2) is 9.78 Å². The average Bonchev–Trinajstić information content (AvgIpc) is 3.04. The van der Waals surface area contributed by atoms with E-state index >= 15 is 0 Å². The van der Waals surface area contributed by atoms with Gasteiger partial charge in [-0.3, -0.25) is 0 Å². The molecule has 1 aromatic carbocycles. The largest absolute Gasteiger partial charge is 0.442 e. The maximum absolute atomic E-state index is 12.6. The molecule has 7 nitrogen and oxygen atoms in total. The topological polar surface area (TPSA) is 92.8 Å². The lowest BCUT2D eigenvalue weighted by Gasteiger charge is -2.28. The molecule has 0 fully saturated rings. The Morgan fingerprint density at radius 2 is 2.16 bits per heavy atom. The van der Waals surface area contributed by atoms with Crippen molar-refractivity contribution in [1.82, 2.24) is 14.8 Å². The number of ether oxygens (including phenoxy) is 1. The summed E-state index contributed by atoms with van der Waals surface area (Å²) >= 11 is 8.42. The summed E-state index contributed by atoms with van der Waals surface area (Å²) in [5.41, 5.74) is 4.36. The molecule has 0 radical (unpaired) electrons. The predicted octanol–water partition coefficient (Wildman–Crippen LogP) is 6.14. The molecule has 9 heteroatoms. The molecule has 2 aromatic heterocycles. The highest BCUT2D eigenvalue weighted by Crippen LogP contribution is 2.36. The normalized spacial score (nSPS) is 15.8. The average molecular weight is 564 g/mol. The molecule has 4 rings (SSSR count). The first kappa shape index (κ1) is 22.8. The van der Waals surface area contributed by atoms with E-state index in [1.807, 2.05) is 45.9 Å². The zero-order valence-electron chi connectivity index (χ0n) is 18.3. The van der Waals surface area contributed by atoms with Crippen LogP contribution in [0.2, 0.25) is 5.15 Å². The van der Waals surface area contributed by atoms with E-state index < -0.39 is 11.7 Å². The molecule has 166 valence electrons. The van der Waals surface area contributed by atoms with Gasteiger partial charge in [0.15, 0.2) is 0 Å². The highest BCUT2D eigenvalue weighted by Gasteiger charge is 2.27. The lowest BCUT2D eigenvalue weighted by molar-refractivity contribution is 0.0522. The van der Waals surface area contributed by atoms with Gasteiger partial charge in [-0.2, -0.15) is 15.0 Å². The molecule has 0 saturated heterocycles. The van der Waals surface area contributed by atoms with Crippen molar-refractivity contribution in [2.45, 2.75) is 58.6 Å². The van der Waals surface area contributed by atoms with Crippen LogP contribution in [0.25, 0.3) is 10.9 Å². The molecule has 1 aliphatic carbocycles. The monoisotopic (exact) mass is 563 g/mol. The van der Waals surface area contributed by atoms with Crippen molar-refractivity contribution in [2.24, 2.45) is 0 Å². The van der Waals surface area contributed by atoms with E-state index in [1.165, 1.54) is 4.68 Å². The molecular weight excluding hydrogens is 541 g/mol. The number of nitrogens with one attached hydrogen (secondary N) is 1. The molecule has 3 aromatic rings. The smallest absolute Gasteiger partial charge is 0.435 e. The number of carbonyl (C=O) groups excluding carboxylic acids is 1. The van der Waals surface area contributed by atoms with Crippen molar-refractivity contribution in [1.29, 1.82) is 5.26 Å². The Hall–Kier alpha value is -2.38. The summed E-state index contributed by atoms with van der Waals surface area (Å²) in [5, 5.41) is 18.5. The lowest BCUT2D eigenvalue weighted by Crippen LogP contribution is -2.27. The van der Waals surface area contributed by atoms with Crippen LogP contribution in [0.5, 0.6) is 0 Å². The minimum Gasteiger partial charge on any atom is -0.442 e. The number of nitriles is 1. The van der Waals surface area contributed by atoms with Crippen molar-refractivity contribution in [3.05, 3.63) is 49.4 Å². The highest BCUT2D eigenvalue weighted by atomic mass is 127. The summed E-state index contributed by atoms with van der Waals surface area (Å²) in [7, 11) is 0. The second-order valence-corrected chi connectivity index (χ2v) is 10.3. The highest BCUT2D eigenvalue weighted by molar-refractivity contribution is 14.1. The van der Waals surface area contributed by atoms with Crippen molar-refractivity contribution in [3.8, 4) is 6.07 Å². The zero-order chi connectivity index (χ0) is 23.2. The first-order chi connectivity index (χ1) is 15.1. The van der Waals surface area contributed by atoms with Gasteiger partial charge in [0.25, 0.3) is 0 Å². The number of hydrogen-bond acceptors (Lipinski definition) is 6. The fourth-order valence-electron chi connectivity index (χ4n) is 4.04. The number of carbonyl (C=O) groups is 1. The second kappa shape index (κ2) is 8.52. The van der Waals surface area contributed by atoms with Crippen LogP contribution in [0.4, 0.5) is 10.5 Å². The molecule has 0 unspecified atom stereocenters. The number of hydrogen-bond donors (Lipinski definition) is 1. The minimum absolute atomic E-state index is 0.0151. The van der Waals surface area contributed by atoms with Crippen LogP contribution in [-0.4, -0.2) is 26.5 Å². The van der Waals surface area contributed by atoms with Gasteiger partial charge in [0.2, 0.25) is 0 Å². The van der Waals surface area contributed by atoms with Gasteiger partial charge in [0.05, 0.1) is 22.8 Å². The maximum atomic E-state index is 12.6. The Kier molecular flexibility index (Phi) is 6.07. The van der Waals surface area contributed by atoms with E-state index in [0.29, 0.717) is 14.8 Å². The molecule has 1 N–H and O–H groups in total. The first-order valence-electron chi connectivity index (χ1n) is 10.4. The second-order valence-electron chi connectivity index (χ2n) is 8.88. The van der Waals surface area contributed by atoms with E-state index in [0.717, 1.165) is 47.2 Å². The molecule has 32 heavy (non-hydrogen) atoms. The number of anilines is 1. The third-order valence-electron chi connectivity index (χ3n) is 5.47. The van der Waals surface area contributed by atoms with Gasteiger partial charge in [-0.05, 0) is 98.9 Å². The number of aromatic nitrogens is 3. The first-order valence-corrected chi connectivity index (χ1v) is 11.8. The summed E-state index contributed by atoms with van der Waals surface area (Å²) in [4.78, 5) is 17.1. The lowest BCUT2D eigenvalue weighted by atomic mass is 9.87. The molecule has 0 aliphatic heterocycles. The standard InChI is InChI=1S/C23H23ClIN5O2/c1-12-14-6-5-7-17(19(14)28-20(24)16(12)11-26)27-13-8-9-18-15(10-13)21(25)29-30(18)22(31)32-23(2,3)4/h8-10,17,27H,5-7H2,1-4H3/t17-/m0/s1. The Labute approximate surface area is 205 Å². The summed E-state index contributed by atoms with van der Waals surface area (Å²) in [5.74, 6) is 0. The summed E-state index contributed by atoms with van der Waals surface area (Å²) in [6.07, 6.45) is 2.29. The van der Waals surface area contributed by atoms with Crippen LogP contribution < -0.4 is 5.32 Å². The molecule has 0 spiro atoms. The van der Waals surface area contributed by atoms with Gasteiger partial charge in [0.1, 0.15) is 20.5 Å². The van der Waals surface area contributed by atoms with E-state index in [4.69, 9.17) is 16.3 Å². The van der Waals surface area contributed by atoms with E-state index in [-0.39, 0.29) is 11.2 Å². The van der Waals surface area contributed by atoms with Gasteiger partial charge >= 0.3 is 6.09 Å². The van der Waals surface area contributed by atoms with Crippen LogP contribution in [0.15, 0.2) is 18.2 Å². The minimum atomic E-state index is -0.603. The van der Waals surface area contributed by atoms with E-state index in [9.17, 15) is 10.1 Å². The van der Waals surface area contributed by atoms with Crippen molar-refractivity contribution in [3.63, 3.8) is 0 Å². The molecule has 0 bridgehead atoms. The van der Waals surface area contributed by atoms with Crippen LogP contribution in [0.1, 0.15) is 62.0 Å². The van der Waals surface area contributed by atoms with Gasteiger partial charge < -0.3 is 10.1 Å². The van der Waals surface area contributed by atoms with Crippen molar-refractivity contribution >= 4 is 56.9 Å². The Morgan fingerprint density at radius 1 is 1.41 bits per heavy atom. The van der Waals surface area contributed by atoms with Crippen LogP contribution in [-0.2, 0) is 11.2 Å². The van der Waals surface area contributed by atoms with Gasteiger partial charge in [-0.1, -0.05) is 11.6 Å².